The van der Waals surface area contributed by atoms with Crippen LogP contribution in [-0.4, -0.2) is 99.7 Å². The first-order valence-corrected chi connectivity index (χ1v) is 13.2. The van der Waals surface area contributed by atoms with Gasteiger partial charge in [0.1, 0.15) is 17.6 Å². The Morgan fingerprint density at radius 1 is 0.895 bits per heavy atom. The average Bonchev–Trinajstić information content (AvgIpc) is 3.36. The summed E-state index contributed by atoms with van der Waals surface area (Å²) in [7, 11) is 3.29. The molecule has 0 amide bonds. The molecule has 0 atom stereocenters. The summed E-state index contributed by atoms with van der Waals surface area (Å²) < 4.78 is 22.7. The summed E-state index contributed by atoms with van der Waals surface area (Å²) in [6.07, 6.45) is 0. The smallest absolute Gasteiger partial charge is 0.243 e. The van der Waals surface area contributed by atoms with E-state index >= 15 is 0 Å². The Morgan fingerprint density at radius 2 is 1.66 bits per heavy atom. The molecule has 2 aliphatic heterocycles. The third-order valence-corrected chi connectivity index (χ3v) is 7.27. The molecule has 2 aromatic carbocycles. The van der Waals surface area contributed by atoms with Gasteiger partial charge in [-0.25, -0.2) is 4.98 Å². The van der Waals surface area contributed by atoms with Crippen molar-refractivity contribution in [2.45, 2.75) is 0 Å². The van der Waals surface area contributed by atoms with E-state index in [4.69, 9.17) is 28.9 Å². The fourth-order valence-electron chi connectivity index (χ4n) is 5.13. The lowest BCUT2D eigenvalue weighted by molar-refractivity contribution is 0.0321. The minimum atomic E-state index is 0.555. The molecule has 2 N–H and O–H groups in total. The van der Waals surface area contributed by atoms with Crippen molar-refractivity contribution in [1.29, 1.82) is 0 Å². The van der Waals surface area contributed by atoms with Gasteiger partial charge < -0.3 is 34.1 Å². The van der Waals surface area contributed by atoms with Crippen LogP contribution in [0.5, 0.6) is 17.4 Å². The molecule has 0 saturated carbocycles. The number of aromatic nitrogens is 3. The maximum absolute atomic E-state index is 6.32. The van der Waals surface area contributed by atoms with Gasteiger partial charge in [-0.1, -0.05) is 18.2 Å². The maximum Gasteiger partial charge on any atom is 0.243 e. The highest BCUT2D eigenvalue weighted by atomic mass is 16.5. The molecule has 6 rings (SSSR count). The normalized spacial score (nSPS) is 16.7. The number of nitrogens with one attached hydrogen (secondary N) is 2. The second-order valence-electron chi connectivity index (χ2n) is 9.55. The number of methoxy groups -OCH3 is 2. The van der Waals surface area contributed by atoms with Crippen LogP contribution in [0.4, 0.5) is 5.95 Å². The molecule has 10 heteroatoms. The largest absolute Gasteiger partial charge is 0.493 e. The summed E-state index contributed by atoms with van der Waals surface area (Å²) in [5.41, 5.74) is 4.79. The first-order chi connectivity index (χ1) is 18.7. The van der Waals surface area contributed by atoms with Gasteiger partial charge in [0.05, 0.1) is 27.4 Å². The van der Waals surface area contributed by atoms with E-state index in [-0.39, 0.29) is 0 Å². The standard InChI is InChI=1S/C28H34N6O4/c1-35-23-6-4-20(18-24(23)36-2)19-3-5-21-22(17-19)30-26-25(21)31-28(34-9-7-29-8-10-34)32-27(26)38-16-13-33-11-14-37-15-12-33/h3-6,17-18,29-30H,7-16H2,1-2H3. The van der Waals surface area contributed by atoms with Crippen molar-refractivity contribution in [1.82, 2.24) is 25.2 Å². The molecular weight excluding hydrogens is 484 g/mol. The minimum absolute atomic E-state index is 0.555. The van der Waals surface area contributed by atoms with Crippen LogP contribution in [0, 0.1) is 0 Å². The molecule has 0 bridgehead atoms. The highest BCUT2D eigenvalue weighted by Gasteiger charge is 2.20. The summed E-state index contributed by atoms with van der Waals surface area (Å²) in [5.74, 6) is 2.72. The summed E-state index contributed by atoms with van der Waals surface area (Å²) >= 11 is 0. The van der Waals surface area contributed by atoms with Crippen molar-refractivity contribution >= 4 is 27.9 Å². The Hall–Kier alpha value is -3.60. The molecule has 2 fully saturated rings. The summed E-state index contributed by atoms with van der Waals surface area (Å²) in [4.78, 5) is 18.0. The fraction of sp³-hybridized carbons (Fsp3) is 0.429. The molecule has 38 heavy (non-hydrogen) atoms. The number of benzene rings is 2. The predicted molar refractivity (Wildman–Crippen MR) is 148 cm³/mol. The Bertz CT molecular complexity index is 1410. The number of ether oxygens (including phenoxy) is 4. The van der Waals surface area contributed by atoms with Gasteiger partial charge in [0.2, 0.25) is 11.8 Å². The maximum atomic E-state index is 6.32. The van der Waals surface area contributed by atoms with Gasteiger partial charge in [0, 0.05) is 56.7 Å². The van der Waals surface area contributed by atoms with Crippen LogP contribution >= 0.6 is 0 Å². The number of piperazine rings is 1. The monoisotopic (exact) mass is 518 g/mol. The number of anilines is 1. The van der Waals surface area contributed by atoms with E-state index in [9.17, 15) is 0 Å². The van der Waals surface area contributed by atoms with E-state index < -0.39 is 0 Å². The first kappa shape index (κ1) is 24.7. The van der Waals surface area contributed by atoms with Gasteiger partial charge in [0.15, 0.2) is 11.5 Å². The zero-order valence-electron chi connectivity index (χ0n) is 22.0. The van der Waals surface area contributed by atoms with Gasteiger partial charge in [-0.2, -0.15) is 4.98 Å². The lowest BCUT2D eigenvalue weighted by Crippen LogP contribution is -2.44. The first-order valence-electron chi connectivity index (χ1n) is 13.2. The lowest BCUT2D eigenvalue weighted by Gasteiger charge is -2.28. The van der Waals surface area contributed by atoms with E-state index in [1.807, 2.05) is 18.2 Å². The van der Waals surface area contributed by atoms with E-state index in [0.717, 1.165) is 92.1 Å². The van der Waals surface area contributed by atoms with E-state index in [1.54, 1.807) is 14.2 Å². The lowest BCUT2D eigenvalue weighted by atomic mass is 10.0. The third kappa shape index (κ3) is 4.94. The van der Waals surface area contributed by atoms with Gasteiger partial charge in [0.25, 0.3) is 0 Å². The molecule has 2 aliphatic rings. The second-order valence-corrected chi connectivity index (χ2v) is 9.55. The predicted octanol–water partition coefficient (Wildman–Crippen LogP) is 2.92. The van der Waals surface area contributed by atoms with Crippen molar-refractivity contribution in [3.63, 3.8) is 0 Å². The molecule has 0 spiro atoms. The molecule has 0 radical (unpaired) electrons. The number of nitrogens with zero attached hydrogens (tertiary/aromatic N) is 4. The van der Waals surface area contributed by atoms with Crippen molar-refractivity contribution in [3.8, 4) is 28.5 Å². The summed E-state index contributed by atoms with van der Waals surface area (Å²) in [5, 5.41) is 4.44. The number of fused-ring (bicyclic) bond motifs is 3. The number of H-pyrrole nitrogens is 1. The van der Waals surface area contributed by atoms with Crippen LogP contribution in [0.15, 0.2) is 36.4 Å². The van der Waals surface area contributed by atoms with Crippen molar-refractivity contribution in [2.75, 3.05) is 84.8 Å². The Kier molecular flexibility index (Phi) is 7.17. The van der Waals surface area contributed by atoms with E-state index in [2.05, 4.69) is 38.3 Å². The minimum Gasteiger partial charge on any atom is -0.493 e. The van der Waals surface area contributed by atoms with Crippen LogP contribution in [0.25, 0.3) is 33.1 Å². The molecular formula is C28H34N6O4. The Labute approximate surface area is 221 Å². The SMILES string of the molecule is COc1ccc(-c2ccc3c(c2)[nH]c2c(OCCN4CCOCC4)nc(N4CCNCC4)nc23)cc1OC. The van der Waals surface area contributed by atoms with Gasteiger partial charge in [-0.3, -0.25) is 4.90 Å². The van der Waals surface area contributed by atoms with Crippen molar-refractivity contribution < 1.29 is 18.9 Å². The van der Waals surface area contributed by atoms with Crippen molar-refractivity contribution in [3.05, 3.63) is 36.4 Å². The highest BCUT2D eigenvalue weighted by molar-refractivity contribution is 6.07. The topological polar surface area (TPSA) is 97.0 Å². The van der Waals surface area contributed by atoms with Gasteiger partial charge >= 0.3 is 0 Å². The van der Waals surface area contributed by atoms with E-state index in [1.165, 1.54) is 0 Å². The molecule has 2 aromatic heterocycles. The van der Waals surface area contributed by atoms with Crippen LogP contribution in [0.3, 0.4) is 0 Å². The quantitative estimate of drug-likeness (QED) is 0.365. The number of rotatable bonds is 8. The third-order valence-electron chi connectivity index (χ3n) is 7.27. The second kappa shape index (κ2) is 11.0. The van der Waals surface area contributed by atoms with Gasteiger partial charge in [-0.15, -0.1) is 0 Å². The molecule has 200 valence electrons. The molecule has 10 nitrogen and oxygen atoms in total. The zero-order valence-corrected chi connectivity index (χ0v) is 22.0. The summed E-state index contributed by atoms with van der Waals surface area (Å²) in [6.45, 7) is 8.36. The molecule has 0 unspecified atom stereocenters. The van der Waals surface area contributed by atoms with E-state index in [0.29, 0.717) is 29.9 Å². The molecule has 4 aromatic rings. The van der Waals surface area contributed by atoms with Crippen molar-refractivity contribution in [2.24, 2.45) is 0 Å². The number of aromatic amines is 1. The van der Waals surface area contributed by atoms with Gasteiger partial charge in [-0.05, 0) is 29.3 Å². The number of morpholine rings is 1. The molecule has 0 aliphatic carbocycles. The van der Waals surface area contributed by atoms with Crippen LogP contribution in [0.1, 0.15) is 0 Å². The van der Waals surface area contributed by atoms with Crippen LogP contribution in [-0.2, 0) is 4.74 Å². The molecule has 2 saturated heterocycles. The van der Waals surface area contributed by atoms with Crippen LogP contribution in [0.2, 0.25) is 0 Å². The number of hydrogen-bond acceptors (Lipinski definition) is 9. The average molecular weight is 519 g/mol. The highest BCUT2D eigenvalue weighted by Crippen LogP contribution is 2.36. The summed E-state index contributed by atoms with van der Waals surface area (Å²) in [6, 6.07) is 12.3. The zero-order chi connectivity index (χ0) is 25.9. The number of hydrogen-bond donors (Lipinski definition) is 2. The Morgan fingerprint density at radius 3 is 2.45 bits per heavy atom. The molecule has 4 heterocycles. The Balaban J connectivity index is 1.36. The fourth-order valence-corrected chi connectivity index (χ4v) is 5.13. The van der Waals surface area contributed by atoms with Crippen LogP contribution < -0.4 is 24.4 Å².